The molecular formula is C16H22BrNO. The van der Waals surface area contributed by atoms with E-state index in [0.717, 1.165) is 23.9 Å². The topological polar surface area (TPSA) is 20.3 Å². The van der Waals surface area contributed by atoms with Gasteiger partial charge in [-0.25, -0.2) is 0 Å². The lowest BCUT2D eigenvalue weighted by atomic mass is 9.91. The highest BCUT2D eigenvalue weighted by Crippen LogP contribution is 2.25. The lowest BCUT2D eigenvalue weighted by Gasteiger charge is -2.37. The average molecular weight is 324 g/mol. The van der Waals surface area contributed by atoms with Gasteiger partial charge in [0.15, 0.2) is 0 Å². The van der Waals surface area contributed by atoms with Gasteiger partial charge in [-0.2, -0.15) is 0 Å². The molecule has 0 unspecified atom stereocenters. The van der Waals surface area contributed by atoms with E-state index in [4.69, 9.17) is 0 Å². The van der Waals surface area contributed by atoms with Gasteiger partial charge >= 0.3 is 0 Å². The Morgan fingerprint density at radius 2 is 2.21 bits per heavy atom. The van der Waals surface area contributed by atoms with Crippen molar-refractivity contribution < 1.29 is 4.79 Å². The van der Waals surface area contributed by atoms with Crippen LogP contribution in [0.2, 0.25) is 0 Å². The number of benzene rings is 1. The number of aryl methyl sites for hydroxylation is 1. The maximum Gasteiger partial charge on any atom is 0.227 e. The quantitative estimate of drug-likeness (QED) is 0.731. The molecule has 1 aliphatic carbocycles. The molecule has 0 heterocycles. The highest BCUT2D eigenvalue weighted by molar-refractivity contribution is 9.09. The summed E-state index contributed by atoms with van der Waals surface area (Å²) in [7, 11) is 0. The van der Waals surface area contributed by atoms with Crippen LogP contribution in [0.1, 0.15) is 36.8 Å². The number of rotatable bonds is 6. The van der Waals surface area contributed by atoms with Gasteiger partial charge in [-0.05, 0) is 38.2 Å². The monoisotopic (exact) mass is 323 g/mol. The molecule has 19 heavy (non-hydrogen) atoms. The number of alkyl halides is 1. The number of nitrogens with zero attached hydrogens (tertiary/aromatic N) is 1. The average Bonchev–Trinajstić information content (AvgIpc) is 2.31. The van der Waals surface area contributed by atoms with Crippen LogP contribution < -0.4 is 0 Å². The SMILES string of the molecule is Cc1cccc(CC(=O)N(CCCBr)C2CCC2)c1. The molecule has 0 N–H and O–H groups in total. The Hall–Kier alpha value is -0.830. The van der Waals surface area contributed by atoms with Crippen LogP contribution in [0.3, 0.4) is 0 Å². The van der Waals surface area contributed by atoms with Crippen LogP contribution in [0.15, 0.2) is 24.3 Å². The molecule has 1 saturated carbocycles. The molecule has 1 aromatic carbocycles. The number of halogens is 1. The first-order valence-electron chi connectivity index (χ1n) is 7.11. The maximum absolute atomic E-state index is 12.5. The highest BCUT2D eigenvalue weighted by Gasteiger charge is 2.28. The fourth-order valence-corrected chi connectivity index (χ4v) is 2.79. The van der Waals surface area contributed by atoms with Gasteiger partial charge in [-0.15, -0.1) is 0 Å². The minimum absolute atomic E-state index is 0.288. The molecule has 2 nitrogen and oxygen atoms in total. The van der Waals surface area contributed by atoms with Crippen molar-refractivity contribution in [2.24, 2.45) is 0 Å². The molecule has 0 radical (unpaired) electrons. The van der Waals surface area contributed by atoms with E-state index in [1.165, 1.54) is 24.8 Å². The van der Waals surface area contributed by atoms with Gasteiger partial charge in [0.05, 0.1) is 6.42 Å². The Morgan fingerprint density at radius 1 is 1.42 bits per heavy atom. The standard InChI is InChI=1S/C16H22BrNO/c1-13-5-2-6-14(11-13)12-16(19)18(10-4-9-17)15-7-3-8-15/h2,5-6,11,15H,3-4,7-10,12H2,1H3. The smallest absolute Gasteiger partial charge is 0.227 e. The Balaban J connectivity index is 1.98. The van der Waals surface area contributed by atoms with Crippen molar-refractivity contribution in [3.8, 4) is 0 Å². The summed E-state index contributed by atoms with van der Waals surface area (Å²) in [5.74, 6) is 0.288. The van der Waals surface area contributed by atoms with Crippen molar-refractivity contribution in [2.75, 3.05) is 11.9 Å². The summed E-state index contributed by atoms with van der Waals surface area (Å²) in [4.78, 5) is 14.6. The van der Waals surface area contributed by atoms with Crippen LogP contribution in [0.25, 0.3) is 0 Å². The number of hydrogen-bond donors (Lipinski definition) is 0. The third-order valence-corrected chi connectivity index (χ3v) is 4.37. The second kappa shape index (κ2) is 7.09. The second-order valence-corrected chi connectivity index (χ2v) is 6.17. The van der Waals surface area contributed by atoms with E-state index in [2.05, 4.69) is 39.9 Å². The minimum Gasteiger partial charge on any atom is -0.339 e. The Bertz CT molecular complexity index is 429. The van der Waals surface area contributed by atoms with Gasteiger partial charge in [0, 0.05) is 17.9 Å². The molecule has 1 aromatic rings. The number of amides is 1. The Kier molecular flexibility index (Phi) is 5.44. The largest absolute Gasteiger partial charge is 0.339 e. The van der Waals surface area contributed by atoms with Gasteiger partial charge in [-0.3, -0.25) is 4.79 Å². The fraction of sp³-hybridized carbons (Fsp3) is 0.562. The molecule has 2 rings (SSSR count). The zero-order valence-electron chi connectivity index (χ0n) is 11.6. The van der Waals surface area contributed by atoms with E-state index in [1.54, 1.807) is 0 Å². The van der Waals surface area contributed by atoms with Crippen molar-refractivity contribution in [2.45, 2.75) is 45.1 Å². The Labute approximate surface area is 124 Å². The molecule has 1 amide bonds. The molecule has 0 saturated heterocycles. The molecular weight excluding hydrogens is 302 g/mol. The minimum atomic E-state index is 0.288. The molecule has 1 aliphatic rings. The van der Waals surface area contributed by atoms with Gasteiger partial charge in [0.1, 0.15) is 0 Å². The summed E-state index contributed by atoms with van der Waals surface area (Å²) in [6, 6.07) is 8.76. The number of carbonyl (C=O) groups excluding carboxylic acids is 1. The molecule has 0 aliphatic heterocycles. The van der Waals surface area contributed by atoms with E-state index in [-0.39, 0.29) is 5.91 Å². The molecule has 3 heteroatoms. The lowest BCUT2D eigenvalue weighted by molar-refractivity contribution is -0.134. The molecule has 0 atom stereocenters. The van der Waals surface area contributed by atoms with Crippen molar-refractivity contribution in [1.29, 1.82) is 0 Å². The van der Waals surface area contributed by atoms with Crippen LogP contribution in [0.4, 0.5) is 0 Å². The maximum atomic E-state index is 12.5. The fourth-order valence-electron chi connectivity index (χ4n) is 2.54. The van der Waals surface area contributed by atoms with Crippen LogP contribution in [-0.4, -0.2) is 28.7 Å². The third kappa shape index (κ3) is 4.07. The summed E-state index contributed by atoms with van der Waals surface area (Å²) in [5, 5.41) is 0.966. The normalized spacial score (nSPS) is 15.1. The zero-order valence-corrected chi connectivity index (χ0v) is 13.2. The molecule has 104 valence electrons. The highest BCUT2D eigenvalue weighted by atomic mass is 79.9. The van der Waals surface area contributed by atoms with Crippen LogP contribution >= 0.6 is 15.9 Å². The first-order chi connectivity index (χ1) is 9.20. The van der Waals surface area contributed by atoms with E-state index in [0.29, 0.717) is 12.5 Å². The van der Waals surface area contributed by atoms with E-state index < -0.39 is 0 Å². The van der Waals surface area contributed by atoms with E-state index in [1.807, 2.05) is 12.1 Å². The van der Waals surface area contributed by atoms with Crippen molar-refractivity contribution in [1.82, 2.24) is 4.90 Å². The summed E-state index contributed by atoms with van der Waals surface area (Å²) in [5.41, 5.74) is 2.36. The van der Waals surface area contributed by atoms with Crippen LogP contribution in [-0.2, 0) is 11.2 Å². The molecule has 1 fully saturated rings. The molecule has 0 spiro atoms. The number of carbonyl (C=O) groups is 1. The van der Waals surface area contributed by atoms with Crippen LogP contribution in [0, 0.1) is 6.92 Å². The lowest BCUT2D eigenvalue weighted by Crippen LogP contribution is -2.45. The van der Waals surface area contributed by atoms with Gasteiger partial charge in [0.25, 0.3) is 0 Å². The molecule has 0 bridgehead atoms. The first-order valence-corrected chi connectivity index (χ1v) is 8.24. The van der Waals surface area contributed by atoms with Crippen molar-refractivity contribution >= 4 is 21.8 Å². The van der Waals surface area contributed by atoms with Crippen molar-refractivity contribution in [3.05, 3.63) is 35.4 Å². The predicted molar refractivity (Wildman–Crippen MR) is 82.6 cm³/mol. The van der Waals surface area contributed by atoms with E-state index in [9.17, 15) is 4.79 Å². The zero-order chi connectivity index (χ0) is 13.7. The summed E-state index contributed by atoms with van der Waals surface area (Å²) in [6.07, 6.45) is 5.22. The summed E-state index contributed by atoms with van der Waals surface area (Å²) < 4.78 is 0. The van der Waals surface area contributed by atoms with Gasteiger partial charge in [-0.1, -0.05) is 45.8 Å². The Morgan fingerprint density at radius 3 is 2.79 bits per heavy atom. The van der Waals surface area contributed by atoms with Crippen LogP contribution in [0.5, 0.6) is 0 Å². The molecule has 0 aromatic heterocycles. The first kappa shape index (κ1) is 14.6. The van der Waals surface area contributed by atoms with E-state index >= 15 is 0 Å². The van der Waals surface area contributed by atoms with Gasteiger partial charge < -0.3 is 4.90 Å². The third-order valence-electron chi connectivity index (χ3n) is 3.81. The second-order valence-electron chi connectivity index (χ2n) is 5.38. The number of hydrogen-bond acceptors (Lipinski definition) is 1. The summed E-state index contributed by atoms with van der Waals surface area (Å²) >= 11 is 3.45. The van der Waals surface area contributed by atoms with Gasteiger partial charge in [0.2, 0.25) is 5.91 Å². The predicted octanol–water partition coefficient (Wildman–Crippen LogP) is 3.70. The summed E-state index contributed by atoms with van der Waals surface area (Å²) in [6.45, 7) is 2.96. The van der Waals surface area contributed by atoms with Crippen molar-refractivity contribution in [3.63, 3.8) is 0 Å².